The maximum atomic E-state index is 10.8. The second-order valence-corrected chi connectivity index (χ2v) is 4.85. The molecule has 5 nitrogen and oxygen atoms in total. The Balaban J connectivity index is 2.65. The highest BCUT2D eigenvalue weighted by atomic mass is 32.1. The fourth-order valence-corrected chi connectivity index (χ4v) is 2.35. The number of benzene rings is 1. The Bertz CT molecular complexity index is 680. The number of rotatable bonds is 3. The lowest BCUT2D eigenvalue weighted by molar-refractivity contribution is -0.384. The summed E-state index contributed by atoms with van der Waals surface area (Å²) >= 11 is 5.24. The molecule has 6 heteroatoms. The molecule has 0 saturated carbocycles. The minimum absolute atomic E-state index is 0.0586. The minimum Gasteiger partial charge on any atom is -0.346 e. The molecule has 0 bridgehead atoms. The van der Waals surface area contributed by atoms with E-state index in [1.807, 2.05) is 19.9 Å². The number of non-ortho nitro benzene ring substituents is 1. The van der Waals surface area contributed by atoms with Crippen molar-refractivity contribution in [1.82, 2.24) is 9.97 Å². The van der Waals surface area contributed by atoms with Gasteiger partial charge in [0.2, 0.25) is 0 Å². The van der Waals surface area contributed by atoms with Gasteiger partial charge in [-0.2, -0.15) is 0 Å². The molecular formula is C13H13N3O2S. The molecule has 19 heavy (non-hydrogen) atoms. The molecule has 0 aliphatic rings. The van der Waals surface area contributed by atoms with Crippen LogP contribution in [0.4, 0.5) is 5.69 Å². The van der Waals surface area contributed by atoms with Gasteiger partial charge in [0, 0.05) is 23.3 Å². The maximum absolute atomic E-state index is 10.8. The molecule has 0 radical (unpaired) electrons. The first kappa shape index (κ1) is 13.4. The van der Waals surface area contributed by atoms with Gasteiger partial charge in [-0.3, -0.25) is 10.1 Å². The highest BCUT2D eigenvalue weighted by Crippen LogP contribution is 2.29. The van der Waals surface area contributed by atoms with Crippen molar-refractivity contribution in [3.8, 4) is 11.3 Å². The molecule has 1 N–H and O–H groups in total. The summed E-state index contributed by atoms with van der Waals surface area (Å²) in [6, 6.07) is 6.48. The number of hydrogen-bond acceptors (Lipinski definition) is 4. The fraction of sp³-hybridized carbons (Fsp3) is 0.231. The van der Waals surface area contributed by atoms with Crippen LogP contribution in [-0.2, 0) is 0 Å². The van der Waals surface area contributed by atoms with Crippen LogP contribution in [0.25, 0.3) is 11.3 Å². The van der Waals surface area contributed by atoms with Crippen molar-refractivity contribution in [3.05, 3.63) is 50.9 Å². The Morgan fingerprint density at radius 3 is 2.79 bits per heavy atom. The molecule has 0 aliphatic heterocycles. The lowest BCUT2D eigenvalue weighted by Gasteiger charge is -2.12. The van der Waals surface area contributed by atoms with Crippen LogP contribution < -0.4 is 0 Å². The average Bonchev–Trinajstić information content (AvgIpc) is 2.38. The van der Waals surface area contributed by atoms with Gasteiger partial charge in [0.25, 0.3) is 5.69 Å². The van der Waals surface area contributed by atoms with Gasteiger partial charge in [0.15, 0.2) is 0 Å². The van der Waals surface area contributed by atoms with Crippen LogP contribution >= 0.6 is 12.2 Å². The standard InChI is InChI=1S/C13H13N3O2S/c1-8(2)11-12(14-7-15-13(11)19)9-4-3-5-10(6-9)16(17)18/h3-8H,1-2H3,(H,14,15,19). The number of aromatic amines is 1. The third-order valence-electron chi connectivity index (χ3n) is 2.81. The summed E-state index contributed by atoms with van der Waals surface area (Å²) in [5, 5.41) is 10.8. The van der Waals surface area contributed by atoms with E-state index in [2.05, 4.69) is 9.97 Å². The van der Waals surface area contributed by atoms with E-state index in [0.29, 0.717) is 4.64 Å². The summed E-state index contributed by atoms with van der Waals surface area (Å²) in [5.74, 6) is 0.187. The minimum atomic E-state index is -0.408. The van der Waals surface area contributed by atoms with Crippen molar-refractivity contribution in [1.29, 1.82) is 0 Å². The summed E-state index contributed by atoms with van der Waals surface area (Å²) in [4.78, 5) is 17.5. The number of nitro groups is 1. The number of aromatic nitrogens is 2. The predicted octanol–water partition coefficient (Wildman–Crippen LogP) is 3.84. The van der Waals surface area contributed by atoms with Crippen molar-refractivity contribution < 1.29 is 4.92 Å². The third kappa shape index (κ3) is 2.68. The third-order valence-corrected chi connectivity index (χ3v) is 3.14. The largest absolute Gasteiger partial charge is 0.346 e. The Morgan fingerprint density at radius 1 is 1.42 bits per heavy atom. The molecule has 0 atom stereocenters. The van der Waals surface area contributed by atoms with E-state index < -0.39 is 4.92 Å². The first-order chi connectivity index (χ1) is 9.00. The lowest BCUT2D eigenvalue weighted by atomic mass is 9.98. The normalized spacial score (nSPS) is 10.7. The second-order valence-electron chi connectivity index (χ2n) is 4.46. The number of nitrogens with zero attached hydrogens (tertiary/aromatic N) is 2. The monoisotopic (exact) mass is 275 g/mol. The summed E-state index contributed by atoms with van der Waals surface area (Å²) in [6.45, 7) is 4.03. The van der Waals surface area contributed by atoms with Crippen LogP contribution in [0.5, 0.6) is 0 Å². The smallest absolute Gasteiger partial charge is 0.270 e. The zero-order valence-electron chi connectivity index (χ0n) is 10.6. The van der Waals surface area contributed by atoms with Crippen molar-refractivity contribution in [2.24, 2.45) is 0 Å². The van der Waals surface area contributed by atoms with Gasteiger partial charge >= 0.3 is 0 Å². The topological polar surface area (TPSA) is 71.8 Å². The molecule has 2 aromatic rings. The Kier molecular flexibility index (Phi) is 3.71. The molecule has 0 aliphatic carbocycles. The van der Waals surface area contributed by atoms with Crippen molar-refractivity contribution in [2.45, 2.75) is 19.8 Å². The number of nitrogens with one attached hydrogen (secondary N) is 1. The molecule has 98 valence electrons. The summed E-state index contributed by atoms with van der Waals surface area (Å²) < 4.78 is 0.523. The SMILES string of the molecule is CC(C)c1c(-c2cccc([N+](=O)[O-])c2)[nH]cnc1=S. The second kappa shape index (κ2) is 5.27. The number of hydrogen-bond donors (Lipinski definition) is 1. The van der Waals surface area contributed by atoms with Gasteiger partial charge in [-0.25, -0.2) is 4.98 Å². The van der Waals surface area contributed by atoms with Gasteiger partial charge in [0.1, 0.15) is 4.64 Å². The van der Waals surface area contributed by atoms with Crippen molar-refractivity contribution in [3.63, 3.8) is 0 Å². The zero-order valence-corrected chi connectivity index (χ0v) is 11.4. The van der Waals surface area contributed by atoms with Crippen LogP contribution in [0.15, 0.2) is 30.6 Å². The van der Waals surface area contributed by atoms with Crippen LogP contribution in [0, 0.1) is 14.8 Å². The first-order valence-corrected chi connectivity index (χ1v) is 6.24. The number of nitro benzene ring substituents is 1. The van der Waals surface area contributed by atoms with E-state index >= 15 is 0 Å². The van der Waals surface area contributed by atoms with Gasteiger partial charge in [-0.05, 0) is 5.92 Å². The Morgan fingerprint density at radius 2 is 2.16 bits per heavy atom. The van der Waals surface area contributed by atoms with Crippen LogP contribution in [0.1, 0.15) is 25.3 Å². The molecule has 0 spiro atoms. The van der Waals surface area contributed by atoms with E-state index in [1.54, 1.807) is 6.07 Å². The van der Waals surface area contributed by atoms with Gasteiger partial charge in [-0.15, -0.1) is 0 Å². The molecule has 0 fully saturated rings. The molecule has 0 amide bonds. The quantitative estimate of drug-likeness (QED) is 0.525. The van der Waals surface area contributed by atoms with Gasteiger partial charge < -0.3 is 4.98 Å². The van der Waals surface area contributed by atoms with Crippen LogP contribution in [0.2, 0.25) is 0 Å². The molecule has 1 aromatic carbocycles. The van der Waals surface area contributed by atoms with Gasteiger partial charge in [-0.1, -0.05) is 38.2 Å². The first-order valence-electron chi connectivity index (χ1n) is 5.83. The molecular weight excluding hydrogens is 262 g/mol. The van der Waals surface area contributed by atoms with E-state index in [0.717, 1.165) is 16.8 Å². The van der Waals surface area contributed by atoms with E-state index in [4.69, 9.17) is 12.2 Å². The summed E-state index contributed by atoms with van der Waals surface area (Å²) in [7, 11) is 0. The number of H-pyrrole nitrogens is 1. The summed E-state index contributed by atoms with van der Waals surface area (Å²) in [6.07, 6.45) is 1.52. The van der Waals surface area contributed by atoms with Crippen LogP contribution in [0.3, 0.4) is 0 Å². The average molecular weight is 275 g/mol. The molecule has 1 heterocycles. The van der Waals surface area contributed by atoms with E-state index in [-0.39, 0.29) is 11.6 Å². The molecule has 2 rings (SSSR count). The van der Waals surface area contributed by atoms with E-state index in [9.17, 15) is 10.1 Å². The maximum Gasteiger partial charge on any atom is 0.270 e. The highest BCUT2D eigenvalue weighted by molar-refractivity contribution is 7.71. The molecule has 1 aromatic heterocycles. The lowest BCUT2D eigenvalue weighted by Crippen LogP contribution is -1.99. The molecule has 0 saturated heterocycles. The predicted molar refractivity (Wildman–Crippen MR) is 75.6 cm³/mol. The van der Waals surface area contributed by atoms with Crippen molar-refractivity contribution >= 4 is 17.9 Å². The Hall–Kier alpha value is -2.08. The van der Waals surface area contributed by atoms with Crippen molar-refractivity contribution in [2.75, 3.05) is 0 Å². The summed E-state index contributed by atoms with van der Waals surface area (Å²) in [5.41, 5.74) is 2.49. The van der Waals surface area contributed by atoms with Gasteiger partial charge in [0.05, 0.1) is 16.9 Å². The highest BCUT2D eigenvalue weighted by Gasteiger charge is 2.14. The zero-order chi connectivity index (χ0) is 14.0. The fourth-order valence-electron chi connectivity index (χ4n) is 1.96. The van der Waals surface area contributed by atoms with Crippen LogP contribution in [-0.4, -0.2) is 14.9 Å². The van der Waals surface area contributed by atoms with E-state index in [1.165, 1.54) is 18.5 Å². The molecule has 0 unspecified atom stereocenters. The Labute approximate surface area is 115 Å².